The fraction of sp³-hybridized carbons (Fsp3) is 0.476. The first kappa shape index (κ1) is 20.7. The summed E-state index contributed by atoms with van der Waals surface area (Å²) in [5.74, 6) is 0.696. The van der Waals surface area contributed by atoms with Crippen molar-refractivity contribution in [1.29, 1.82) is 0 Å². The van der Waals surface area contributed by atoms with Gasteiger partial charge in [0.25, 0.3) is 0 Å². The summed E-state index contributed by atoms with van der Waals surface area (Å²) in [4.78, 5) is 43.9. The Bertz CT molecular complexity index is 928. The molecule has 0 bridgehead atoms. The molecule has 154 valence electrons. The third kappa shape index (κ3) is 5.28. The number of carbonyl (C=O) groups excluding carboxylic acids is 3. The summed E-state index contributed by atoms with van der Waals surface area (Å²) in [6, 6.07) is 3.61. The van der Waals surface area contributed by atoms with Crippen molar-refractivity contribution in [2.45, 2.75) is 58.5 Å². The smallest absolute Gasteiger partial charge is 0.228 e. The molecule has 3 N–H and O–H groups in total. The fourth-order valence-electron chi connectivity index (χ4n) is 3.75. The summed E-state index contributed by atoms with van der Waals surface area (Å²) in [6.45, 7) is 5.47. The highest BCUT2D eigenvalue weighted by molar-refractivity contribution is 5.98. The molecule has 0 saturated heterocycles. The van der Waals surface area contributed by atoms with E-state index in [1.54, 1.807) is 18.3 Å². The third-order valence-electron chi connectivity index (χ3n) is 4.98. The normalized spacial score (nSPS) is 19.0. The minimum Gasteiger partial charge on any atom is -0.367 e. The van der Waals surface area contributed by atoms with Gasteiger partial charge in [-0.2, -0.15) is 0 Å². The molecule has 29 heavy (non-hydrogen) atoms. The van der Waals surface area contributed by atoms with Gasteiger partial charge in [0.2, 0.25) is 11.8 Å². The number of hydrogen-bond donors (Lipinski definition) is 3. The van der Waals surface area contributed by atoms with Crippen LogP contribution in [0.25, 0.3) is 10.8 Å². The predicted molar refractivity (Wildman–Crippen MR) is 112 cm³/mol. The second kappa shape index (κ2) is 8.98. The number of nitrogens with one attached hydrogen (secondary N) is 3. The molecule has 1 aliphatic rings. The van der Waals surface area contributed by atoms with Gasteiger partial charge >= 0.3 is 0 Å². The Kier molecular flexibility index (Phi) is 6.41. The molecule has 0 aliphatic heterocycles. The van der Waals surface area contributed by atoms with Crippen LogP contribution in [-0.2, 0) is 9.59 Å². The number of amides is 2. The van der Waals surface area contributed by atoms with Crippen LogP contribution in [0.1, 0.15) is 56.9 Å². The highest BCUT2D eigenvalue weighted by atomic mass is 16.2. The van der Waals surface area contributed by atoms with Crippen molar-refractivity contribution >= 4 is 40.5 Å². The largest absolute Gasteiger partial charge is 0.367 e. The molecule has 1 saturated carbocycles. The summed E-state index contributed by atoms with van der Waals surface area (Å²) in [5.41, 5.74) is 0.324. The van der Waals surface area contributed by atoms with Gasteiger partial charge < -0.3 is 16.0 Å². The fourth-order valence-corrected chi connectivity index (χ4v) is 3.75. The molecule has 0 unspecified atom stereocenters. The van der Waals surface area contributed by atoms with Crippen LogP contribution in [0, 0.1) is 5.92 Å². The van der Waals surface area contributed by atoms with E-state index in [0.717, 1.165) is 30.0 Å². The second-order valence-corrected chi connectivity index (χ2v) is 7.85. The predicted octanol–water partition coefficient (Wildman–Crippen LogP) is 2.90. The molecule has 2 amide bonds. The van der Waals surface area contributed by atoms with Crippen molar-refractivity contribution in [3.05, 3.63) is 24.0 Å². The number of nitrogens with zero attached hydrogens (tertiary/aromatic N) is 2. The first-order chi connectivity index (χ1) is 13.9. The Hall–Kier alpha value is -3.03. The minimum absolute atomic E-state index is 0.0365. The molecule has 2 aromatic heterocycles. The average Bonchev–Trinajstić information content (AvgIpc) is 2.67. The molecule has 1 fully saturated rings. The zero-order valence-electron chi connectivity index (χ0n) is 17.0. The Morgan fingerprint density at radius 3 is 2.72 bits per heavy atom. The van der Waals surface area contributed by atoms with E-state index >= 15 is 0 Å². The SMILES string of the molecule is CC(=O)N[C@@H]1CCC[C@H](C(=O)Nc2cc3c(NC(C)C)nc(C=O)cc3cn2)C1. The average molecular weight is 397 g/mol. The number of anilines is 2. The van der Waals surface area contributed by atoms with Gasteiger partial charge in [0.1, 0.15) is 17.3 Å². The quantitative estimate of drug-likeness (QED) is 0.646. The van der Waals surface area contributed by atoms with Crippen LogP contribution < -0.4 is 16.0 Å². The Morgan fingerprint density at radius 2 is 2.03 bits per heavy atom. The maximum atomic E-state index is 12.8. The zero-order chi connectivity index (χ0) is 21.0. The summed E-state index contributed by atoms with van der Waals surface area (Å²) in [5, 5.41) is 10.6. The molecule has 3 rings (SSSR count). The van der Waals surface area contributed by atoms with Crippen LogP contribution in [-0.4, -0.2) is 40.2 Å². The second-order valence-electron chi connectivity index (χ2n) is 7.85. The maximum absolute atomic E-state index is 12.8. The number of pyridine rings is 2. The molecule has 0 radical (unpaired) electrons. The number of carbonyl (C=O) groups is 3. The Balaban J connectivity index is 1.80. The number of aromatic nitrogens is 2. The topological polar surface area (TPSA) is 113 Å². The van der Waals surface area contributed by atoms with Crippen molar-refractivity contribution < 1.29 is 14.4 Å². The molecular weight excluding hydrogens is 370 g/mol. The molecule has 0 aromatic carbocycles. The molecular formula is C21H27N5O3. The minimum atomic E-state index is -0.165. The van der Waals surface area contributed by atoms with Crippen LogP contribution in [0.5, 0.6) is 0 Å². The summed E-state index contributed by atoms with van der Waals surface area (Å²) >= 11 is 0. The monoisotopic (exact) mass is 397 g/mol. The van der Waals surface area contributed by atoms with Gasteiger partial charge in [0.05, 0.1) is 0 Å². The van der Waals surface area contributed by atoms with E-state index in [2.05, 4.69) is 25.9 Å². The molecule has 2 atom stereocenters. The van der Waals surface area contributed by atoms with Crippen LogP contribution in [0.15, 0.2) is 18.3 Å². The van der Waals surface area contributed by atoms with Gasteiger partial charge in [-0.15, -0.1) is 0 Å². The Morgan fingerprint density at radius 1 is 1.24 bits per heavy atom. The van der Waals surface area contributed by atoms with Gasteiger partial charge in [0.15, 0.2) is 6.29 Å². The highest BCUT2D eigenvalue weighted by Crippen LogP contribution is 2.28. The van der Waals surface area contributed by atoms with Crippen LogP contribution in [0.3, 0.4) is 0 Å². The number of fused-ring (bicyclic) bond motifs is 1. The number of rotatable bonds is 6. The van der Waals surface area contributed by atoms with E-state index in [1.807, 2.05) is 13.8 Å². The van der Waals surface area contributed by atoms with E-state index in [0.29, 0.717) is 30.0 Å². The van der Waals surface area contributed by atoms with E-state index in [9.17, 15) is 14.4 Å². The first-order valence-electron chi connectivity index (χ1n) is 9.96. The van der Waals surface area contributed by atoms with Crippen molar-refractivity contribution in [2.75, 3.05) is 10.6 Å². The molecule has 2 aromatic rings. The lowest BCUT2D eigenvalue weighted by Crippen LogP contribution is -2.40. The molecule has 8 nitrogen and oxygen atoms in total. The Labute approximate surface area is 169 Å². The van der Waals surface area contributed by atoms with E-state index in [-0.39, 0.29) is 29.8 Å². The molecule has 8 heteroatoms. The lowest BCUT2D eigenvalue weighted by atomic mass is 9.85. The standard InChI is InChI=1S/C21H27N5O3/c1-12(2)23-20-18-9-19(22-10-15(18)8-17(11-27)25-20)26-21(29)14-5-4-6-16(7-14)24-13(3)28/h8-12,14,16H,4-7H2,1-3H3,(H,23,25)(H,24,28)(H,22,26,29)/t14-,16+/m0/s1. The van der Waals surface area contributed by atoms with Crippen LogP contribution in [0.4, 0.5) is 11.6 Å². The van der Waals surface area contributed by atoms with Crippen LogP contribution in [0.2, 0.25) is 0 Å². The van der Waals surface area contributed by atoms with Gasteiger partial charge in [-0.1, -0.05) is 6.42 Å². The first-order valence-corrected chi connectivity index (χ1v) is 9.96. The van der Waals surface area contributed by atoms with Crippen molar-refractivity contribution in [3.8, 4) is 0 Å². The summed E-state index contributed by atoms with van der Waals surface area (Å²) < 4.78 is 0. The third-order valence-corrected chi connectivity index (χ3v) is 4.98. The van der Waals surface area contributed by atoms with Crippen molar-refractivity contribution in [3.63, 3.8) is 0 Å². The summed E-state index contributed by atoms with van der Waals surface area (Å²) in [7, 11) is 0. The van der Waals surface area contributed by atoms with Gasteiger partial charge in [-0.3, -0.25) is 14.4 Å². The lowest BCUT2D eigenvalue weighted by molar-refractivity contribution is -0.123. The van der Waals surface area contributed by atoms with E-state index in [1.165, 1.54) is 6.92 Å². The van der Waals surface area contributed by atoms with Gasteiger partial charge in [-0.25, -0.2) is 9.97 Å². The zero-order valence-corrected chi connectivity index (χ0v) is 17.0. The van der Waals surface area contributed by atoms with Crippen molar-refractivity contribution in [1.82, 2.24) is 15.3 Å². The van der Waals surface area contributed by atoms with Gasteiger partial charge in [-0.05, 0) is 45.2 Å². The van der Waals surface area contributed by atoms with Crippen LogP contribution >= 0.6 is 0 Å². The molecule has 1 aliphatic carbocycles. The summed E-state index contributed by atoms with van der Waals surface area (Å²) in [6.07, 6.45) is 5.55. The molecule has 0 spiro atoms. The number of hydrogen-bond acceptors (Lipinski definition) is 6. The number of aldehydes is 1. The van der Waals surface area contributed by atoms with Crippen molar-refractivity contribution in [2.24, 2.45) is 5.92 Å². The van der Waals surface area contributed by atoms with E-state index < -0.39 is 0 Å². The maximum Gasteiger partial charge on any atom is 0.228 e. The lowest BCUT2D eigenvalue weighted by Gasteiger charge is -2.28. The van der Waals surface area contributed by atoms with Gasteiger partial charge in [0, 0.05) is 41.9 Å². The molecule has 2 heterocycles. The van der Waals surface area contributed by atoms with E-state index in [4.69, 9.17) is 0 Å². The highest BCUT2D eigenvalue weighted by Gasteiger charge is 2.28.